The number of alkyl halides is 3. The van der Waals surface area contributed by atoms with Crippen molar-refractivity contribution in [3.63, 3.8) is 0 Å². The summed E-state index contributed by atoms with van der Waals surface area (Å²) in [7, 11) is 0. The molecule has 1 N–H and O–H groups in total. The van der Waals surface area contributed by atoms with Gasteiger partial charge in [-0.15, -0.1) is 11.3 Å². The Labute approximate surface area is 227 Å². The molecular weight excluding hydrogens is 555 g/mol. The zero-order valence-corrected chi connectivity index (χ0v) is 21.7. The molecule has 0 bridgehead atoms. The minimum atomic E-state index is -4.61. The van der Waals surface area contributed by atoms with Crippen LogP contribution in [-0.4, -0.2) is 21.2 Å². The fraction of sp³-hybridized carbons (Fsp3) is 0.0741. The number of halogens is 4. The van der Waals surface area contributed by atoms with E-state index in [4.69, 9.17) is 11.6 Å². The Balaban J connectivity index is 1.51. The lowest BCUT2D eigenvalue weighted by Gasteiger charge is -2.14. The van der Waals surface area contributed by atoms with E-state index in [1.807, 2.05) is 23.6 Å². The normalized spacial score (nSPS) is 11.6. The van der Waals surface area contributed by atoms with Crippen molar-refractivity contribution in [2.45, 2.75) is 11.3 Å². The standard InChI is InChI=1S/C27H17ClF3N3O2S2/c28-17-12-10-16(11-13-17)19-14-37-24-23(19)25(36)34(18-6-2-1-3-7-18)26(33-24)38-15-22(35)32-21-9-5-4-8-20(21)27(29,30)31/h1-14H,15H2,(H,32,35). The third-order valence-corrected chi connectivity index (χ3v) is 7.65. The number of amides is 1. The monoisotopic (exact) mass is 571 g/mol. The third kappa shape index (κ3) is 5.33. The van der Waals surface area contributed by atoms with Crippen LogP contribution in [0.5, 0.6) is 0 Å². The maximum Gasteiger partial charge on any atom is 0.418 e. The van der Waals surface area contributed by atoms with E-state index in [-0.39, 0.29) is 22.2 Å². The maximum atomic E-state index is 13.8. The van der Waals surface area contributed by atoms with Gasteiger partial charge in [0.15, 0.2) is 5.16 Å². The van der Waals surface area contributed by atoms with Crippen LogP contribution in [0.3, 0.4) is 0 Å². The van der Waals surface area contributed by atoms with Crippen molar-refractivity contribution < 1.29 is 18.0 Å². The highest BCUT2D eigenvalue weighted by molar-refractivity contribution is 7.99. The van der Waals surface area contributed by atoms with Crippen LogP contribution in [0.15, 0.2) is 94.2 Å². The lowest BCUT2D eigenvalue weighted by Crippen LogP contribution is -2.23. The molecule has 0 saturated heterocycles. The number of nitrogens with zero attached hydrogens (tertiary/aromatic N) is 2. The Morgan fingerprint density at radius 1 is 1.00 bits per heavy atom. The van der Waals surface area contributed by atoms with Crippen molar-refractivity contribution in [3.8, 4) is 16.8 Å². The highest BCUT2D eigenvalue weighted by Crippen LogP contribution is 2.35. The van der Waals surface area contributed by atoms with Gasteiger partial charge in [0.05, 0.1) is 28.1 Å². The van der Waals surface area contributed by atoms with E-state index >= 15 is 0 Å². The molecule has 0 unspecified atom stereocenters. The Hall–Kier alpha value is -3.60. The minimum Gasteiger partial charge on any atom is -0.325 e. The zero-order valence-electron chi connectivity index (χ0n) is 19.3. The predicted octanol–water partition coefficient (Wildman–Crippen LogP) is 7.52. The third-order valence-electron chi connectivity index (χ3n) is 5.59. The first-order valence-electron chi connectivity index (χ1n) is 11.2. The summed E-state index contributed by atoms with van der Waals surface area (Å²) in [6.07, 6.45) is -4.61. The SMILES string of the molecule is O=C(CSc1nc2scc(-c3ccc(Cl)cc3)c2c(=O)n1-c1ccccc1)Nc1ccccc1C(F)(F)F. The average Bonchev–Trinajstić information content (AvgIpc) is 3.32. The number of fused-ring (bicyclic) bond motifs is 1. The number of para-hydroxylation sites is 2. The lowest BCUT2D eigenvalue weighted by atomic mass is 10.1. The molecule has 38 heavy (non-hydrogen) atoms. The second kappa shape index (κ2) is 10.6. The summed E-state index contributed by atoms with van der Waals surface area (Å²) in [5.74, 6) is -0.916. The first-order chi connectivity index (χ1) is 18.2. The zero-order chi connectivity index (χ0) is 26.9. The number of nitrogens with one attached hydrogen (secondary N) is 1. The van der Waals surface area contributed by atoms with E-state index in [2.05, 4.69) is 10.3 Å². The fourth-order valence-corrected chi connectivity index (χ4v) is 5.80. The largest absolute Gasteiger partial charge is 0.418 e. The summed E-state index contributed by atoms with van der Waals surface area (Å²) in [6, 6.07) is 20.7. The number of thioether (sulfide) groups is 1. The number of hydrogen-bond acceptors (Lipinski definition) is 5. The molecule has 5 aromatic rings. The Kier molecular flexibility index (Phi) is 7.29. The lowest BCUT2D eigenvalue weighted by molar-refractivity contribution is -0.137. The summed E-state index contributed by atoms with van der Waals surface area (Å²) in [5.41, 5.74) is 0.472. The molecule has 2 heterocycles. The average molecular weight is 572 g/mol. The summed E-state index contributed by atoms with van der Waals surface area (Å²) < 4.78 is 41.4. The molecule has 0 saturated carbocycles. The maximum absolute atomic E-state index is 13.8. The number of hydrogen-bond donors (Lipinski definition) is 1. The second-order valence-corrected chi connectivity index (χ2v) is 10.3. The second-order valence-electron chi connectivity index (χ2n) is 8.09. The van der Waals surface area contributed by atoms with E-state index in [0.717, 1.165) is 23.4 Å². The van der Waals surface area contributed by atoms with Gasteiger partial charge < -0.3 is 5.32 Å². The molecule has 0 atom stereocenters. The Morgan fingerprint density at radius 3 is 2.39 bits per heavy atom. The summed E-state index contributed by atoms with van der Waals surface area (Å²) >= 11 is 8.28. The molecule has 0 spiro atoms. The van der Waals surface area contributed by atoms with Gasteiger partial charge in [-0.1, -0.05) is 65.8 Å². The molecule has 1 amide bonds. The fourth-order valence-electron chi connectivity index (χ4n) is 3.87. The molecule has 11 heteroatoms. The van der Waals surface area contributed by atoms with Crippen molar-refractivity contribution in [1.82, 2.24) is 9.55 Å². The molecule has 0 radical (unpaired) electrons. The molecule has 2 aromatic heterocycles. The predicted molar refractivity (Wildman–Crippen MR) is 146 cm³/mol. The molecule has 0 fully saturated rings. The first kappa shape index (κ1) is 26.0. The molecule has 0 aliphatic rings. The van der Waals surface area contributed by atoms with Crippen molar-refractivity contribution >= 4 is 56.5 Å². The van der Waals surface area contributed by atoms with Crippen molar-refractivity contribution in [1.29, 1.82) is 0 Å². The van der Waals surface area contributed by atoms with Gasteiger partial charge in [0, 0.05) is 16.0 Å². The van der Waals surface area contributed by atoms with Crippen LogP contribution < -0.4 is 10.9 Å². The van der Waals surface area contributed by atoms with Crippen LogP contribution in [0.2, 0.25) is 5.02 Å². The number of carbonyl (C=O) groups excluding carboxylic acids is 1. The van der Waals surface area contributed by atoms with Gasteiger partial charge in [-0.2, -0.15) is 13.2 Å². The van der Waals surface area contributed by atoms with Gasteiger partial charge in [-0.25, -0.2) is 4.98 Å². The summed E-state index contributed by atoms with van der Waals surface area (Å²) in [5, 5.41) is 5.41. The number of rotatable bonds is 6. The van der Waals surface area contributed by atoms with E-state index in [0.29, 0.717) is 26.5 Å². The van der Waals surface area contributed by atoms with Gasteiger partial charge in [0.1, 0.15) is 4.83 Å². The van der Waals surface area contributed by atoms with Gasteiger partial charge in [0.25, 0.3) is 5.56 Å². The number of anilines is 1. The number of benzene rings is 3. The van der Waals surface area contributed by atoms with E-state index < -0.39 is 17.6 Å². The van der Waals surface area contributed by atoms with Gasteiger partial charge in [-0.3, -0.25) is 14.2 Å². The van der Waals surface area contributed by atoms with Crippen molar-refractivity contribution in [3.05, 3.63) is 105 Å². The van der Waals surface area contributed by atoms with Gasteiger partial charge in [0.2, 0.25) is 5.91 Å². The molecule has 0 aliphatic carbocycles. The smallest absolute Gasteiger partial charge is 0.325 e. The quantitative estimate of drug-likeness (QED) is 0.169. The molecular formula is C27H17ClF3N3O2S2. The summed E-state index contributed by atoms with van der Waals surface area (Å²) in [6.45, 7) is 0. The molecule has 0 aliphatic heterocycles. The highest BCUT2D eigenvalue weighted by atomic mass is 35.5. The molecule has 5 nitrogen and oxygen atoms in total. The highest BCUT2D eigenvalue weighted by Gasteiger charge is 2.33. The van der Waals surface area contributed by atoms with Crippen molar-refractivity contribution in [2.24, 2.45) is 0 Å². The van der Waals surface area contributed by atoms with Crippen molar-refractivity contribution in [2.75, 3.05) is 11.1 Å². The summed E-state index contributed by atoms with van der Waals surface area (Å²) in [4.78, 5) is 31.6. The Bertz CT molecular complexity index is 1680. The molecule has 5 rings (SSSR count). The minimum absolute atomic E-state index is 0.248. The van der Waals surface area contributed by atoms with E-state index in [1.54, 1.807) is 36.4 Å². The van der Waals surface area contributed by atoms with Crippen LogP contribution >= 0.6 is 34.7 Å². The Morgan fingerprint density at radius 2 is 1.68 bits per heavy atom. The number of aromatic nitrogens is 2. The molecule has 192 valence electrons. The van der Waals surface area contributed by atoms with Crippen LogP contribution in [0.4, 0.5) is 18.9 Å². The topological polar surface area (TPSA) is 64.0 Å². The number of thiophene rings is 1. The molecule has 3 aromatic carbocycles. The van der Waals surface area contributed by atoms with Crippen LogP contribution in [-0.2, 0) is 11.0 Å². The van der Waals surface area contributed by atoms with Gasteiger partial charge >= 0.3 is 6.18 Å². The van der Waals surface area contributed by atoms with E-state index in [1.165, 1.54) is 34.1 Å². The van der Waals surface area contributed by atoms with Crippen LogP contribution in [0.1, 0.15) is 5.56 Å². The first-order valence-corrected chi connectivity index (χ1v) is 13.4. The van der Waals surface area contributed by atoms with Crippen LogP contribution in [0, 0.1) is 0 Å². The van der Waals surface area contributed by atoms with Crippen LogP contribution in [0.25, 0.3) is 27.0 Å². The van der Waals surface area contributed by atoms with E-state index in [9.17, 15) is 22.8 Å². The number of carbonyl (C=O) groups is 1. The van der Waals surface area contributed by atoms with Gasteiger partial charge in [-0.05, 0) is 42.0 Å².